The summed E-state index contributed by atoms with van der Waals surface area (Å²) in [6, 6.07) is 11.1. The normalized spacial score (nSPS) is 12.2. The predicted octanol–water partition coefficient (Wildman–Crippen LogP) is 3.36. The summed E-state index contributed by atoms with van der Waals surface area (Å²) in [4.78, 5) is 27.7. The molecule has 0 saturated heterocycles. The predicted molar refractivity (Wildman–Crippen MR) is 135 cm³/mol. The van der Waals surface area contributed by atoms with Crippen LogP contribution in [-0.2, 0) is 26.2 Å². The van der Waals surface area contributed by atoms with Crippen LogP contribution in [0.1, 0.15) is 31.9 Å². The van der Waals surface area contributed by atoms with Gasteiger partial charge >= 0.3 is 0 Å². The van der Waals surface area contributed by atoms with Crippen molar-refractivity contribution in [1.82, 2.24) is 10.2 Å². The fourth-order valence-corrected chi connectivity index (χ4v) is 4.43. The number of halogens is 1. The molecule has 0 aromatic heterocycles. The fraction of sp³-hybridized carbons (Fsp3) is 0.417. The van der Waals surface area contributed by atoms with Crippen LogP contribution in [0.4, 0.5) is 5.69 Å². The molecule has 0 radical (unpaired) electrons. The van der Waals surface area contributed by atoms with Crippen molar-refractivity contribution >= 4 is 39.1 Å². The molecule has 2 aromatic carbocycles. The van der Waals surface area contributed by atoms with Gasteiger partial charge in [-0.25, -0.2) is 8.42 Å². The highest BCUT2D eigenvalue weighted by molar-refractivity contribution is 7.92. The monoisotopic (exact) mass is 509 g/mol. The molecule has 2 aromatic rings. The zero-order chi connectivity index (χ0) is 25.6. The number of hydrogen-bond donors (Lipinski definition) is 1. The summed E-state index contributed by atoms with van der Waals surface area (Å²) in [6.45, 7) is 6.58. The summed E-state index contributed by atoms with van der Waals surface area (Å²) >= 11 is 6.31. The van der Waals surface area contributed by atoms with Gasteiger partial charge in [-0.05, 0) is 57.0 Å². The van der Waals surface area contributed by atoms with Gasteiger partial charge in [0.25, 0.3) is 0 Å². The fourth-order valence-electron chi connectivity index (χ4n) is 3.39. The van der Waals surface area contributed by atoms with Crippen LogP contribution in [0.15, 0.2) is 42.5 Å². The Labute approximate surface area is 206 Å². The molecule has 186 valence electrons. The summed E-state index contributed by atoms with van der Waals surface area (Å²) in [6.07, 6.45) is 1.02. The SMILES string of the molecule is COc1ccc(C)cc1N(CC(=O)N(Cc1ccccc1Cl)[C@H](C)C(=O)NC(C)C)S(C)(=O)=O. The van der Waals surface area contributed by atoms with Crippen molar-refractivity contribution in [2.75, 3.05) is 24.2 Å². The number of hydrogen-bond acceptors (Lipinski definition) is 5. The number of nitrogens with one attached hydrogen (secondary N) is 1. The first-order valence-electron chi connectivity index (χ1n) is 10.8. The maximum Gasteiger partial charge on any atom is 0.244 e. The standard InChI is InChI=1S/C24H32ClN3O5S/c1-16(2)26-24(30)18(4)27(14-19-9-7-8-10-20(19)25)23(29)15-28(34(6,31)32)21-13-17(3)11-12-22(21)33-5/h7-13,16,18H,14-15H2,1-6H3,(H,26,30)/t18-/m1/s1. The first-order valence-corrected chi connectivity index (χ1v) is 13.0. The minimum Gasteiger partial charge on any atom is -0.495 e. The zero-order valence-corrected chi connectivity index (χ0v) is 21.9. The molecule has 0 spiro atoms. The molecule has 10 heteroatoms. The molecular formula is C24H32ClN3O5S. The lowest BCUT2D eigenvalue weighted by atomic mass is 10.1. The van der Waals surface area contributed by atoms with E-state index < -0.39 is 28.5 Å². The quantitative estimate of drug-likeness (QED) is 0.529. The highest BCUT2D eigenvalue weighted by Gasteiger charge is 2.31. The number of carbonyl (C=O) groups is 2. The number of carbonyl (C=O) groups excluding carboxylic acids is 2. The Hall–Kier alpha value is -2.78. The van der Waals surface area contributed by atoms with Crippen LogP contribution in [0.5, 0.6) is 5.75 Å². The molecule has 8 nitrogen and oxygen atoms in total. The van der Waals surface area contributed by atoms with Gasteiger partial charge in [-0.15, -0.1) is 0 Å². The van der Waals surface area contributed by atoms with Crippen molar-refractivity contribution in [3.63, 3.8) is 0 Å². The number of methoxy groups -OCH3 is 1. The third kappa shape index (κ3) is 7.11. The van der Waals surface area contributed by atoms with E-state index in [9.17, 15) is 18.0 Å². The number of anilines is 1. The average molecular weight is 510 g/mol. The summed E-state index contributed by atoms with van der Waals surface area (Å²) < 4.78 is 31.8. The number of aryl methyl sites for hydroxylation is 1. The summed E-state index contributed by atoms with van der Waals surface area (Å²) in [5.41, 5.74) is 1.69. The van der Waals surface area contributed by atoms with Crippen molar-refractivity contribution in [2.45, 2.75) is 46.3 Å². The molecule has 0 aliphatic heterocycles. The molecule has 1 N–H and O–H groups in total. The lowest BCUT2D eigenvalue weighted by molar-refractivity contribution is -0.139. The molecule has 0 unspecified atom stereocenters. The minimum absolute atomic E-state index is 0.0355. The summed E-state index contributed by atoms with van der Waals surface area (Å²) in [5, 5.41) is 3.24. The van der Waals surface area contributed by atoms with Crippen molar-refractivity contribution in [3.8, 4) is 5.75 Å². The molecule has 1 atom stereocenters. The highest BCUT2D eigenvalue weighted by Crippen LogP contribution is 2.31. The first kappa shape index (κ1) is 27.5. The molecule has 34 heavy (non-hydrogen) atoms. The minimum atomic E-state index is -3.86. The average Bonchev–Trinajstić information content (AvgIpc) is 2.75. The molecule has 0 aliphatic rings. The zero-order valence-electron chi connectivity index (χ0n) is 20.3. The van der Waals surface area contributed by atoms with Gasteiger partial charge in [0, 0.05) is 17.6 Å². The Bertz CT molecular complexity index is 1140. The van der Waals surface area contributed by atoms with Crippen molar-refractivity contribution < 1.29 is 22.7 Å². The van der Waals surface area contributed by atoms with Crippen LogP contribution in [0.2, 0.25) is 5.02 Å². The van der Waals surface area contributed by atoms with Gasteiger partial charge < -0.3 is 15.0 Å². The number of rotatable bonds is 10. The van der Waals surface area contributed by atoms with Gasteiger partial charge in [-0.3, -0.25) is 13.9 Å². The first-order chi connectivity index (χ1) is 15.8. The Morgan fingerprint density at radius 1 is 1.12 bits per heavy atom. The molecule has 0 saturated carbocycles. The van der Waals surface area contributed by atoms with Crippen LogP contribution in [-0.4, -0.2) is 57.1 Å². The second kappa shape index (κ2) is 11.6. The third-order valence-electron chi connectivity index (χ3n) is 5.18. The number of sulfonamides is 1. The molecule has 0 heterocycles. The van der Waals surface area contributed by atoms with E-state index in [0.717, 1.165) is 16.1 Å². The molecule has 2 amide bonds. The second-order valence-electron chi connectivity index (χ2n) is 8.40. The van der Waals surface area contributed by atoms with Gasteiger partial charge in [0.2, 0.25) is 21.8 Å². The Kier molecular flexibility index (Phi) is 9.35. The van der Waals surface area contributed by atoms with E-state index in [1.165, 1.54) is 12.0 Å². The van der Waals surface area contributed by atoms with Crippen LogP contribution in [0.3, 0.4) is 0 Å². The van der Waals surface area contributed by atoms with E-state index in [-0.39, 0.29) is 24.2 Å². The molecule has 0 aliphatic carbocycles. The second-order valence-corrected chi connectivity index (χ2v) is 10.7. The van der Waals surface area contributed by atoms with Crippen LogP contribution < -0.4 is 14.4 Å². The Balaban J connectivity index is 2.48. The molecular weight excluding hydrogens is 478 g/mol. The van der Waals surface area contributed by atoms with Crippen LogP contribution in [0, 0.1) is 6.92 Å². The molecule has 2 rings (SSSR count). The van der Waals surface area contributed by atoms with Crippen molar-refractivity contribution in [3.05, 3.63) is 58.6 Å². The molecule has 0 fully saturated rings. The number of benzene rings is 2. The summed E-state index contributed by atoms with van der Waals surface area (Å²) in [7, 11) is -2.43. The number of nitrogens with zero attached hydrogens (tertiary/aromatic N) is 2. The lowest BCUT2D eigenvalue weighted by Gasteiger charge is -2.32. The van der Waals surface area contributed by atoms with Gasteiger partial charge in [-0.2, -0.15) is 0 Å². The van der Waals surface area contributed by atoms with Gasteiger partial charge in [0.05, 0.1) is 19.1 Å². The maximum absolute atomic E-state index is 13.6. The summed E-state index contributed by atoms with van der Waals surface area (Å²) in [5.74, 6) is -0.596. The van der Waals surface area contributed by atoms with E-state index in [4.69, 9.17) is 16.3 Å². The Morgan fingerprint density at radius 2 is 1.76 bits per heavy atom. The van der Waals surface area contributed by atoms with E-state index in [1.54, 1.807) is 49.4 Å². The van der Waals surface area contributed by atoms with Crippen LogP contribution >= 0.6 is 11.6 Å². The van der Waals surface area contributed by atoms with Crippen molar-refractivity contribution in [1.29, 1.82) is 0 Å². The van der Waals surface area contributed by atoms with Gasteiger partial charge in [0.15, 0.2) is 0 Å². The van der Waals surface area contributed by atoms with Gasteiger partial charge in [0.1, 0.15) is 18.3 Å². The Morgan fingerprint density at radius 3 is 2.32 bits per heavy atom. The smallest absolute Gasteiger partial charge is 0.244 e. The largest absolute Gasteiger partial charge is 0.495 e. The van der Waals surface area contributed by atoms with Gasteiger partial charge in [-0.1, -0.05) is 35.9 Å². The highest BCUT2D eigenvalue weighted by atomic mass is 35.5. The van der Waals surface area contributed by atoms with Crippen molar-refractivity contribution in [2.24, 2.45) is 0 Å². The topological polar surface area (TPSA) is 96.0 Å². The maximum atomic E-state index is 13.6. The van der Waals surface area contributed by atoms with E-state index in [1.807, 2.05) is 20.8 Å². The number of ether oxygens (including phenoxy) is 1. The van der Waals surface area contributed by atoms with E-state index in [2.05, 4.69) is 5.32 Å². The third-order valence-corrected chi connectivity index (χ3v) is 6.67. The molecule has 0 bridgehead atoms. The van der Waals surface area contributed by atoms with E-state index >= 15 is 0 Å². The van der Waals surface area contributed by atoms with Crippen LogP contribution in [0.25, 0.3) is 0 Å². The lowest BCUT2D eigenvalue weighted by Crippen LogP contribution is -2.52. The van der Waals surface area contributed by atoms with E-state index in [0.29, 0.717) is 16.3 Å². The number of amides is 2.